The van der Waals surface area contributed by atoms with Crippen molar-refractivity contribution in [2.45, 2.75) is 24.9 Å². The Labute approximate surface area is 194 Å². The van der Waals surface area contributed by atoms with Crippen LogP contribution >= 0.6 is 23.2 Å². The summed E-state index contributed by atoms with van der Waals surface area (Å²) < 4.78 is 14.6. The Hall–Kier alpha value is -2.71. The van der Waals surface area contributed by atoms with E-state index in [1.807, 2.05) is 0 Å². The Morgan fingerprint density at radius 1 is 1.19 bits per heavy atom. The molecule has 2 aliphatic rings. The molecule has 2 heterocycles. The first-order chi connectivity index (χ1) is 15.1. The molecule has 0 radical (unpaired) electrons. The highest BCUT2D eigenvalue weighted by Crippen LogP contribution is 2.48. The number of benzene rings is 1. The number of hydrogen-bond acceptors (Lipinski definition) is 4. The van der Waals surface area contributed by atoms with Crippen LogP contribution in [-0.2, 0) is 20.9 Å². The van der Waals surface area contributed by atoms with Crippen molar-refractivity contribution in [2.24, 2.45) is 5.92 Å². The van der Waals surface area contributed by atoms with Gasteiger partial charge in [-0.05, 0) is 36.6 Å². The van der Waals surface area contributed by atoms with E-state index < -0.39 is 23.2 Å². The predicted octanol–water partition coefficient (Wildman–Crippen LogP) is 3.14. The molecule has 4 rings (SSSR count). The quantitative estimate of drug-likeness (QED) is 0.676. The van der Waals surface area contributed by atoms with Gasteiger partial charge in [0.2, 0.25) is 11.8 Å². The highest BCUT2D eigenvalue weighted by atomic mass is 35.5. The summed E-state index contributed by atoms with van der Waals surface area (Å²) >= 11 is 11.8. The lowest BCUT2D eigenvalue weighted by atomic mass is 9.64. The molecule has 168 valence electrons. The lowest BCUT2D eigenvalue weighted by Crippen LogP contribution is -2.73. The molecule has 1 spiro atoms. The molecule has 1 saturated carbocycles. The van der Waals surface area contributed by atoms with Crippen molar-refractivity contribution in [1.29, 1.82) is 0 Å². The van der Waals surface area contributed by atoms with Crippen molar-refractivity contribution in [3.63, 3.8) is 0 Å². The Bertz CT molecular complexity index is 1090. The number of carbonyl (C=O) groups excluding carboxylic acids is 3. The second-order valence-electron chi connectivity index (χ2n) is 8.33. The molecule has 10 heteroatoms. The van der Waals surface area contributed by atoms with Gasteiger partial charge >= 0.3 is 0 Å². The summed E-state index contributed by atoms with van der Waals surface area (Å²) in [6.07, 6.45) is 1.55. The van der Waals surface area contributed by atoms with E-state index in [0.29, 0.717) is 5.02 Å². The fourth-order valence-electron chi connectivity index (χ4n) is 4.38. The van der Waals surface area contributed by atoms with Crippen LogP contribution in [-0.4, -0.2) is 58.7 Å². The zero-order valence-corrected chi connectivity index (χ0v) is 19.0. The minimum absolute atomic E-state index is 0.0846. The van der Waals surface area contributed by atoms with Crippen molar-refractivity contribution < 1.29 is 18.8 Å². The second kappa shape index (κ2) is 8.33. The molecule has 1 aromatic carbocycles. The maximum Gasteiger partial charge on any atom is 0.254 e. The predicted molar refractivity (Wildman–Crippen MR) is 118 cm³/mol. The molecule has 1 aromatic heterocycles. The summed E-state index contributed by atoms with van der Waals surface area (Å²) in [4.78, 5) is 47.3. The fraction of sp³-hybridized carbons (Fsp3) is 0.364. The average molecular weight is 479 g/mol. The third-order valence-corrected chi connectivity index (χ3v) is 6.47. The van der Waals surface area contributed by atoms with Gasteiger partial charge in [0, 0.05) is 37.8 Å². The fourth-order valence-corrected chi connectivity index (χ4v) is 4.65. The van der Waals surface area contributed by atoms with Gasteiger partial charge in [-0.3, -0.25) is 19.3 Å². The lowest BCUT2D eigenvalue weighted by Gasteiger charge is -2.56. The number of rotatable bonds is 4. The molecular formula is C22H21Cl2FN4O3. The van der Waals surface area contributed by atoms with Crippen molar-refractivity contribution >= 4 is 46.7 Å². The van der Waals surface area contributed by atoms with Gasteiger partial charge in [-0.2, -0.15) is 0 Å². The van der Waals surface area contributed by atoms with Crippen LogP contribution in [0.1, 0.15) is 18.4 Å². The van der Waals surface area contributed by atoms with Gasteiger partial charge in [-0.15, -0.1) is 0 Å². The Balaban J connectivity index is 1.69. The SMILES string of the molecule is CN(C)C(=O)[C@H]1C[C@@]2(C1)C(=O)N(c1ncc(Cl)cc1F)CC(=O)N2Cc1ccc(Cl)cc1. The molecule has 0 atom stereocenters. The highest BCUT2D eigenvalue weighted by Gasteiger charge is 2.62. The average Bonchev–Trinajstić information content (AvgIpc) is 2.71. The summed E-state index contributed by atoms with van der Waals surface area (Å²) in [7, 11) is 3.29. The van der Waals surface area contributed by atoms with Gasteiger partial charge in [-0.1, -0.05) is 35.3 Å². The molecular weight excluding hydrogens is 458 g/mol. The van der Waals surface area contributed by atoms with Crippen molar-refractivity contribution in [3.8, 4) is 0 Å². The topological polar surface area (TPSA) is 73.8 Å². The second-order valence-corrected chi connectivity index (χ2v) is 9.20. The van der Waals surface area contributed by atoms with E-state index in [1.165, 1.54) is 16.0 Å². The number of halogens is 3. The zero-order chi connectivity index (χ0) is 23.2. The summed E-state index contributed by atoms with van der Waals surface area (Å²) in [6.45, 7) is -0.180. The summed E-state index contributed by atoms with van der Waals surface area (Å²) in [5.41, 5.74) is -0.458. The molecule has 2 fully saturated rings. The Kier molecular flexibility index (Phi) is 5.85. The van der Waals surface area contributed by atoms with Crippen LogP contribution in [0.4, 0.5) is 10.2 Å². The molecule has 3 amide bonds. The van der Waals surface area contributed by atoms with Crippen LogP contribution in [0.25, 0.3) is 0 Å². The standard InChI is InChI=1S/C22H21Cl2FN4O3/c1-27(2)20(31)14-8-22(9-14)21(32)28(19-17(25)7-16(24)10-26-19)12-18(30)29(22)11-13-3-5-15(23)6-4-13/h3-7,10,14H,8-9,11-12H2,1-2H3/t14-,22+. The molecule has 32 heavy (non-hydrogen) atoms. The number of nitrogens with zero attached hydrogens (tertiary/aromatic N) is 4. The van der Waals surface area contributed by atoms with Gasteiger partial charge in [0.1, 0.15) is 12.1 Å². The maximum absolute atomic E-state index is 14.6. The molecule has 2 aromatic rings. The van der Waals surface area contributed by atoms with Crippen LogP contribution in [0.5, 0.6) is 0 Å². The highest BCUT2D eigenvalue weighted by molar-refractivity contribution is 6.30. The molecule has 0 N–H and O–H groups in total. The van der Waals surface area contributed by atoms with Crippen LogP contribution < -0.4 is 4.90 Å². The number of amides is 3. The van der Waals surface area contributed by atoms with Gasteiger partial charge < -0.3 is 9.80 Å². The van der Waals surface area contributed by atoms with E-state index in [9.17, 15) is 18.8 Å². The molecule has 1 aliphatic heterocycles. The third kappa shape index (κ3) is 3.82. The van der Waals surface area contributed by atoms with Gasteiger partial charge in [0.15, 0.2) is 11.6 Å². The number of anilines is 1. The van der Waals surface area contributed by atoms with E-state index in [4.69, 9.17) is 23.2 Å². The first kappa shape index (κ1) is 22.5. The monoisotopic (exact) mass is 478 g/mol. The first-order valence-corrected chi connectivity index (χ1v) is 10.8. The first-order valence-electron chi connectivity index (χ1n) is 10.0. The van der Waals surface area contributed by atoms with E-state index in [1.54, 1.807) is 38.4 Å². The number of pyridine rings is 1. The van der Waals surface area contributed by atoms with Gasteiger partial charge in [-0.25, -0.2) is 9.37 Å². The van der Waals surface area contributed by atoms with E-state index in [2.05, 4.69) is 4.98 Å². The molecule has 1 aliphatic carbocycles. The van der Waals surface area contributed by atoms with Crippen molar-refractivity contribution in [2.75, 3.05) is 25.5 Å². The van der Waals surface area contributed by atoms with Crippen LogP contribution in [0.3, 0.4) is 0 Å². The molecule has 0 bridgehead atoms. The molecule has 7 nitrogen and oxygen atoms in total. The normalized spacial score (nSPS) is 22.8. The lowest BCUT2D eigenvalue weighted by molar-refractivity contribution is -0.167. The van der Waals surface area contributed by atoms with Crippen LogP contribution in [0, 0.1) is 11.7 Å². The van der Waals surface area contributed by atoms with Gasteiger partial charge in [0.05, 0.1) is 5.02 Å². The van der Waals surface area contributed by atoms with Gasteiger partial charge in [0.25, 0.3) is 5.91 Å². The van der Waals surface area contributed by atoms with E-state index in [0.717, 1.165) is 16.5 Å². The minimum atomic E-state index is -1.25. The van der Waals surface area contributed by atoms with Crippen LogP contribution in [0.2, 0.25) is 10.0 Å². The van der Waals surface area contributed by atoms with E-state index in [-0.39, 0.29) is 48.6 Å². The van der Waals surface area contributed by atoms with E-state index >= 15 is 0 Å². The number of aromatic nitrogens is 1. The Morgan fingerprint density at radius 3 is 2.44 bits per heavy atom. The Morgan fingerprint density at radius 2 is 1.84 bits per heavy atom. The summed E-state index contributed by atoms with van der Waals surface area (Å²) in [6, 6.07) is 8.02. The maximum atomic E-state index is 14.6. The van der Waals surface area contributed by atoms with Crippen molar-refractivity contribution in [1.82, 2.24) is 14.8 Å². The smallest absolute Gasteiger partial charge is 0.254 e. The minimum Gasteiger partial charge on any atom is -0.349 e. The third-order valence-electron chi connectivity index (χ3n) is 6.01. The van der Waals surface area contributed by atoms with Crippen LogP contribution in [0.15, 0.2) is 36.5 Å². The number of carbonyl (C=O) groups is 3. The number of hydrogen-bond donors (Lipinski definition) is 0. The zero-order valence-electron chi connectivity index (χ0n) is 17.5. The largest absolute Gasteiger partial charge is 0.349 e. The molecule has 1 saturated heterocycles. The summed E-state index contributed by atoms with van der Waals surface area (Å²) in [5.74, 6) is -2.37. The van der Waals surface area contributed by atoms with Crippen molar-refractivity contribution in [3.05, 3.63) is 58.0 Å². The number of piperazine rings is 1. The summed E-state index contributed by atoms with van der Waals surface area (Å²) in [5, 5.41) is 0.640. The molecule has 0 unspecified atom stereocenters.